The summed E-state index contributed by atoms with van der Waals surface area (Å²) in [4.78, 5) is 72.7. The average molecular weight is 585 g/mol. The first-order valence-corrected chi connectivity index (χ1v) is 14.7. The highest BCUT2D eigenvalue weighted by molar-refractivity contribution is 8.30. The van der Waals surface area contributed by atoms with Crippen molar-refractivity contribution in [2.45, 2.75) is 38.1 Å². The number of carboxylic acids is 1. The second-order valence-electron chi connectivity index (χ2n) is 9.04. The quantitative estimate of drug-likeness (QED) is 0.157. The number of rotatable bonds is 11. The molecule has 15 nitrogen and oxygen atoms in total. The molecule has 3 atom stereocenters. The van der Waals surface area contributed by atoms with Crippen molar-refractivity contribution < 1.29 is 42.8 Å². The standard InChI is InChI=1S/C22H28N6O9S2/c1-3-39(37-10(2)29)9-12(7-35-22(24)34)16(20(32)33)28-18(31)15(19(28)39)26-17(30)14(13-8-38-21(23)25-13)27-36-6-11-4-5-11/h8,11,15,19H,3-7,9H2,1-2H3,(H2,23,25)(H2,24,34)(H,26,30)(H,32,33)/t15-,19-/m1/s1. The Labute approximate surface area is 228 Å². The number of nitrogen functional groups attached to an aromatic ring is 1. The van der Waals surface area contributed by atoms with Crippen molar-refractivity contribution in [2.75, 3.05) is 30.5 Å². The molecule has 1 aromatic rings. The van der Waals surface area contributed by atoms with Crippen LogP contribution >= 0.6 is 21.6 Å². The maximum Gasteiger partial charge on any atom is 0.404 e. The number of thiazole rings is 1. The van der Waals surface area contributed by atoms with Gasteiger partial charge in [-0.15, -0.1) is 11.3 Å². The molecule has 0 radical (unpaired) electrons. The second-order valence-corrected chi connectivity index (χ2v) is 13.2. The minimum atomic E-state index is -2.59. The van der Waals surface area contributed by atoms with Crippen LogP contribution in [-0.2, 0) is 32.9 Å². The molecular weight excluding hydrogens is 556 g/mol. The molecule has 39 heavy (non-hydrogen) atoms. The van der Waals surface area contributed by atoms with Crippen LogP contribution in [-0.4, -0.2) is 86.7 Å². The van der Waals surface area contributed by atoms with Crippen molar-refractivity contribution >= 4 is 62.3 Å². The van der Waals surface area contributed by atoms with E-state index in [1.165, 1.54) is 12.3 Å². The lowest BCUT2D eigenvalue weighted by Crippen LogP contribution is -2.74. The summed E-state index contributed by atoms with van der Waals surface area (Å²) in [5.74, 6) is -3.20. The Morgan fingerprint density at radius 1 is 1.33 bits per heavy atom. The molecule has 1 saturated carbocycles. The summed E-state index contributed by atoms with van der Waals surface area (Å²) in [6.07, 6.45) is 0.856. The smallest absolute Gasteiger partial charge is 0.404 e. The highest BCUT2D eigenvalue weighted by Crippen LogP contribution is 2.63. The summed E-state index contributed by atoms with van der Waals surface area (Å²) >= 11 is 1.09. The van der Waals surface area contributed by atoms with E-state index < -0.39 is 63.9 Å². The Hall–Kier alpha value is -3.86. The Balaban J connectivity index is 1.67. The maximum absolute atomic E-state index is 13.4. The lowest BCUT2D eigenvalue weighted by molar-refractivity contribution is -0.151. The van der Waals surface area contributed by atoms with Gasteiger partial charge < -0.3 is 35.6 Å². The van der Waals surface area contributed by atoms with Crippen LogP contribution in [0.15, 0.2) is 21.8 Å². The molecule has 1 saturated heterocycles. The van der Waals surface area contributed by atoms with Crippen LogP contribution in [0.4, 0.5) is 9.93 Å². The van der Waals surface area contributed by atoms with Crippen molar-refractivity contribution in [3.8, 4) is 0 Å². The van der Waals surface area contributed by atoms with Crippen molar-refractivity contribution in [2.24, 2.45) is 16.8 Å². The zero-order chi connectivity index (χ0) is 28.5. The van der Waals surface area contributed by atoms with Gasteiger partial charge in [0.1, 0.15) is 36.0 Å². The molecule has 1 aromatic heterocycles. The van der Waals surface area contributed by atoms with Gasteiger partial charge in [0.25, 0.3) is 11.8 Å². The van der Waals surface area contributed by atoms with Crippen molar-refractivity contribution in [3.05, 3.63) is 22.3 Å². The molecule has 0 aromatic carbocycles. The summed E-state index contributed by atoms with van der Waals surface area (Å²) in [7, 11) is -2.59. The molecule has 0 bridgehead atoms. The first-order valence-electron chi connectivity index (χ1n) is 11.9. The minimum absolute atomic E-state index is 0.0578. The number of hydrogen-bond acceptors (Lipinski definition) is 12. The fraction of sp³-hybridized carbons (Fsp3) is 0.500. The number of aliphatic carboxylic acids is 1. The fourth-order valence-corrected chi connectivity index (χ4v) is 8.45. The van der Waals surface area contributed by atoms with Crippen LogP contribution in [0.2, 0.25) is 0 Å². The predicted molar refractivity (Wildman–Crippen MR) is 139 cm³/mol. The number of nitrogens with zero attached hydrogens (tertiary/aromatic N) is 3. The summed E-state index contributed by atoms with van der Waals surface area (Å²) < 4.78 is 10.6. The third-order valence-electron chi connectivity index (χ3n) is 6.27. The lowest BCUT2D eigenvalue weighted by Gasteiger charge is -2.60. The van der Waals surface area contributed by atoms with Crippen LogP contribution in [0, 0.1) is 5.92 Å². The predicted octanol–water partition coefficient (Wildman–Crippen LogP) is 0.259. The number of ether oxygens (including phenoxy) is 1. The normalized spacial score (nSPS) is 26.1. The second kappa shape index (κ2) is 11.1. The number of nitrogens with two attached hydrogens (primary N) is 2. The third-order valence-corrected chi connectivity index (χ3v) is 10.7. The van der Waals surface area contributed by atoms with E-state index in [0.717, 1.165) is 29.1 Å². The molecule has 1 unspecified atom stereocenters. The Kier molecular flexibility index (Phi) is 8.01. The number of hydrogen-bond donors (Lipinski definition) is 4. The summed E-state index contributed by atoms with van der Waals surface area (Å²) in [6, 6.07) is -1.25. The molecule has 3 amide bonds. The van der Waals surface area contributed by atoms with E-state index >= 15 is 0 Å². The number of nitrogens with one attached hydrogen (secondary N) is 1. The maximum atomic E-state index is 13.4. The zero-order valence-corrected chi connectivity index (χ0v) is 22.7. The largest absolute Gasteiger partial charge is 0.477 e. The molecule has 17 heteroatoms. The number of carbonyl (C=O) groups excluding carboxylic acids is 4. The lowest BCUT2D eigenvalue weighted by atomic mass is 10.0. The van der Waals surface area contributed by atoms with E-state index in [0.29, 0.717) is 12.5 Å². The van der Waals surface area contributed by atoms with Gasteiger partial charge in [0, 0.05) is 29.4 Å². The summed E-state index contributed by atoms with van der Waals surface area (Å²) in [5.41, 5.74) is 10.3. The van der Waals surface area contributed by atoms with E-state index in [2.05, 4.69) is 15.5 Å². The molecule has 4 rings (SSSR count). The minimum Gasteiger partial charge on any atom is -0.477 e. The number of anilines is 1. The number of primary amides is 1. The van der Waals surface area contributed by atoms with Crippen molar-refractivity contribution in [1.29, 1.82) is 0 Å². The van der Waals surface area contributed by atoms with Crippen molar-refractivity contribution in [3.63, 3.8) is 0 Å². The molecule has 2 fully saturated rings. The number of amides is 3. The Bertz CT molecular complexity index is 1280. The number of β-lactam (4-membered cyclic amide) rings is 1. The third kappa shape index (κ3) is 5.78. The first-order chi connectivity index (χ1) is 18.5. The van der Waals surface area contributed by atoms with Gasteiger partial charge in [-0.1, -0.05) is 22.4 Å². The molecule has 212 valence electrons. The number of aromatic nitrogens is 1. The van der Waals surface area contributed by atoms with Crippen molar-refractivity contribution in [1.82, 2.24) is 15.2 Å². The van der Waals surface area contributed by atoms with Crippen LogP contribution in [0.3, 0.4) is 0 Å². The molecule has 3 aliphatic rings. The number of fused-ring (bicyclic) bond motifs is 1. The van der Waals surface area contributed by atoms with Crippen LogP contribution in [0.1, 0.15) is 32.4 Å². The van der Waals surface area contributed by atoms with E-state index in [-0.39, 0.29) is 33.6 Å². The van der Waals surface area contributed by atoms with Gasteiger partial charge in [0.2, 0.25) is 0 Å². The van der Waals surface area contributed by atoms with E-state index in [1.54, 1.807) is 6.92 Å². The number of carboxylic acid groups (broad SMARTS) is 1. The monoisotopic (exact) mass is 584 g/mol. The molecular formula is C22H28N6O9S2. The van der Waals surface area contributed by atoms with Gasteiger partial charge >= 0.3 is 18.0 Å². The SMILES string of the molecule is CCS1(OC(C)=O)CC(COC(N)=O)=C(C(=O)O)N2C(=O)[C@@H](NC(=O)C(=NOCC3CC3)c3csc(N)n3)[C@H]21. The van der Waals surface area contributed by atoms with Gasteiger partial charge in [0.15, 0.2) is 10.8 Å². The van der Waals surface area contributed by atoms with E-state index in [9.17, 15) is 29.1 Å². The molecule has 2 aliphatic heterocycles. The van der Waals surface area contributed by atoms with Gasteiger partial charge in [-0.3, -0.25) is 19.3 Å². The first kappa shape index (κ1) is 28.2. The Morgan fingerprint density at radius 2 is 2.05 bits per heavy atom. The Morgan fingerprint density at radius 3 is 2.59 bits per heavy atom. The van der Waals surface area contributed by atoms with Crippen LogP contribution in [0.25, 0.3) is 0 Å². The van der Waals surface area contributed by atoms with Crippen LogP contribution in [0.5, 0.6) is 0 Å². The van der Waals surface area contributed by atoms with Gasteiger partial charge in [-0.2, -0.15) is 0 Å². The van der Waals surface area contributed by atoms with Crippen LogP contribution < -0.4 is 16.8 Å². The highest BCUT2D eigenvalue weighted by Gasteiger charge is 2.63. The molecule has 1 aliphatic carbocycles. The fourth-order valence-electron chi connectivity index (χ4n) is 4.36. The summed E-state index contributed by atoms with van der Waals surface area (Å²) in [6.45, 7) is 2.70. The molecule has 0 spiro atoms. The van der Waals surface area contributed by atoms with Gasteiger partial charge in [-0.25, -0.2) is 14.6 Å². The molecule has 3 heterocycles. The van der Waals surface area contributed by atoms with Gasteiger partial charge in [-0.05, 0) is 18.8 Å². The molecule has 6 N–H and O–H groups in total. The topological polar surface area (TPSA) is 226 Å². The van der Waals surface area contributed by atoms with Gasteiger partial charge in [0.05, 0.1) is 0 Å². The zero-order valence-electron chi connectivity index (χ0n) is 21.1. The van der Waals surface area contributed by atoms with E-state index in [4.69, 9.17) is 25.2 Å². The summed E-state index contributed by atoms with van der Waals surface area (Å²) in [5, 5.41) is 17.2. The highest BCUT2D eigenvalue weighted by atomic mass is 32.3. The number of carbonyl (C=O) groups is 5. The van der Waals surface area contributed by atoms with E-state index in [1.807, 2.05) is 0 Å². The average Bonchev–Trinajstić information content (AvgIpc) is 3.60. The number of oxime groups is 1.